The van der Waals surface area contributed by atoms with Crippen LogP contribution in [0.3, 0.4) is 0 Å². The van der Waals surface area contributed by atoms with Gasteiger partial charge >= 0.3 is 6.01 Å². The Labute approximate surface area is 164 Å². The van der Waals surface area contributed by atoms with Gasteiger partial charge in [0.15, 0.2) is 5.13 Å². The summed E-state index contributed by atoms with van der Waals surface area (Å²) >= 11 is 1.71. The van der Waals surface area contributed by atoms with Gasteiger partial charge in [-0.15, -0.1) is 11.3 Å². The Balaban J connectivity index is 1.49. The van der Waals surface area contributed by atoms with Gasteiger partial charge in [-0.1, -0.05) is 12.8 Å². The molecule has 0 amide bonds. The van der Waals surface area contributed by atoms with Gasteiger partial charge in [-0.3, -0.25) is 0 Å². The van der Waals surface area contributed by atoms with E-state index in [1.54, 1.807) is 18.4 Å². The van der Waals surface area contributed by atoms with E-state index in [0.29, 0.717) is 6.01 Å². The third-order valence-corrected chi connectivity index (χ3v) is 6.12. The lowest BCUT2D eigenvalue weighted by Crippen LogP contribution is -2.47. The van der Waals surface area contributed by atoms with Crippen molar-refractivity contribution in [1.82, 2.24) is 19.9 Å². The average Bonchev–Trinajstić information content (AvgIpc) is 2.97. The first-order chi connectivity index (χ1) is 13.2. The third-order valence-electron chi connectivity index (χ3n) is 5.10. The summed E-state index contributed by atoms with van der Waals surface area (Å²) in [4.78, 5) is 25.3. The van der Waals surface area contributed by atoms with Gasteiger partial charge in [-0.05, 0) is 19.8 Å². The molecule has 0 atom stereocenters. The van der Waals surface area contributed by atoms with Crippen LogP contribution in [0.4, 0.5) is 17.0 Å². The molecule has 0 bridgehead atoms. The van der Waals surface area contributed by atoms with E-state index in [0.717, 1.165) is 62.0 Å². The number of ether oxygens (including phenoxy) is 1. The fraction of sp³-hybridized carbons (Fsp3) is 0.667. The van der Waals surface area contributed by atoms with Crippen LogP contribution in [0.25, 0.3) is 0 Å². The van der Waals surface area contributed by atoms with Gasteiger partial charge in [-0.25, -0.2) is 4.98 Å². The summed E-state index contributed by atoms with van der Waals surface area (Å²) in [6.07, 6.45) is 4.94. The third kappa shape index (κ3) is 4.23. The van der Waals surface area contributed by atoms with Gasteiger partial charge in [0.1, 0.15) is 0 Å². The summed E-state index contributed by atoms with van der Waals surface area (Å²) in [5.41, 5.74) is 1.08. The maximum Gasteiger partial charge on any atom is 0.322 e. The number of thiazole rings is 1. The molecule has 4 rings (SSSR count). The van der Waals surface area contributed by atoms with Crippen LogP contribution in [0.2, 0.25) is 0 Å². The number of hydrogen-bond donors (Lipinski definition) is 0. The molecule has 8 nitrogen and oxygen atoms in total. The van der Waals surface area contributed by atoms with Crippen molar-refractivity contribution < 1.29 is 4.74 Å². The van der Waals surface area contributed by atoms with Crippen molar-refractivity contribution in [3.63, 3.8) is 0 Å². The van der Waals surface area contributed by atoms with Gasteiger partial charge < -0.3 is 19.4 Å². The van der Waals surface area contributed by atoms with Crippen molar-refractivity contribution in [3.8, 4) is 6.01 Å². The maximum absolute atomic E-state index is 5.37. The van der Waals surface area contributed by atoms with Crippen LogP contribution in [-0.2, 0) is 0 Å². The highest BCUT2D eigenvalue weighted by molar-refractivity contribution is 7.13. The summed E-state index contributed by atoms with van der Waals surface area (Å²) in [5.74, 6) is 1.47. The lowest BCUT2D eigenvalue weighted by atomic mass is 10.2. The first-order valence-electron chi connectivity index (χ1n) is 9.70. The van der Waals surface area contributed by atoms with Crippen LogP contribution < -0.4 is 19.4 Å². The minimum Gasteiger partial charge on any atom is -0.467 e. The largest absolute Gasteiger partial charge is 0.467 e. The van der Waals surface area contributed by atoms with Crippen LogP contribution in [-0.4, -0.2) is 66.3 Å². The first-order valence-corrected chi connectivity index (χ1v) is 10.6. The molecule has 0 spiro atoms. The van der Waals surface area contributed by atoms with E-state index in [2.05, 4.69) is 35.0 Å². The van der Waals surface area contributed by atoms with E-state index in [1.807, 2.05) is 6.92 Å². The summed E-state index contributed by atoms with van der Waals surface area (Å²) in [7, 11) is 1.62. The molecule has 2 aromatic heterocycles. The molecule has 4 heterocycles. The minimum absolute atomic E-state index is 0.400. The predicted molar refractivity (Wildman–Crippen MR) is 108 cm³/mol. The van der Waals surface area contributed by atoms with Crippen LogP contribution >= 0.6 is 11.3 Å². The highest BCUT2D eigenvalue weighted by atomic mass is 32.1. The normalized spacial score (nSPS) is 18.5. The molecule has 0 saturated carbocycles. The lowest BCUT2D eigenvalue weighted by Gasteiger charge is -2.34. The molecule has 0 aliphatic carbocycles. The molecule has 0 aromatic carbocycles. The van der Waals surface area contributed by atoms with Crippen molar-refractivity contribution in [2.45, 2.75) is 32.6 Å². The summed E-state index contributed by atoms with van der Waals surface area (Å²) < 4.78 is 5.37. The van der Waals surface area contributed by atoms with Crippen molar-refractivity contribution >= 4 is 28.4 Å². The zero-order valence-electron chi connectivity index (χ0n) is 16.1. The molecular formula is C18H27N7OS. The van der Waals surface area contributed by atoms with E-state index >= 15 is 0 Å². The molecule has 2 aromatic rings. The second kappa shape index (κ2) is 8.24. The van der Waals surface area contributed by atoms with Gasteiger partial charge in [0.25, 0.3) is 0 Å². The van der Waals surface area contributed by atoms with E-state index in [4.69, 9.17) is 9.72 Å². The molecular weight excluding hydrogens is 362 g/mol. The number of piperazine rings is 1. The molecule has 0 N–H and O–H groups in total. The monoisotopic (exact) mass is 389 g/mol. The van der Waals surface area contributed by atoms with Crippen LogP contribution in [0, 0.1) is 6.92 Å². The van der Waals surface area contributed by atoms with Crippen molar-refractivity contribution in [3.05, 3.63) is 11.1 Å². The number of aromatic nitrogens is 4. The molecule has 27 heavy (non-hydrogen) atoms. The topological polar surface area (TPSA) is 70.5 Å². The number of methoxy groups -OCH3 is 1. The van der Waals surface area contributed by atoms with E-state index in [9.17, 15) is 0 Å². The summed E-state index contributed by atoms with van der Waals surface area (Å²) in [5, 5.41) is 3.21. The standard InChI is InChI=1S/C18H27N7OS/c1-14-13-27-18(19-14)25-11-9-24(10-12-25)16-20-15(21-17(22-16)26-2)23-7-5-3-4-6-8-23/h13H,3-12H2,1-2H3. The second-order valence-corrected chi connectivity index (χ2v) is 7.91. The van der Waals surface area contributed by atoms with Gasteiger partial charge in [0, 0.05) is 44.6 Å². The average molecular weight is 390 g/mol. The Morgan fingerprint density at radius 1 is 0.778 bits per heavy atom. The van der Waals surface area contributed by atoms with Crippen LogP contribution in [0.15, 0.2) is 5.38 Å². The Hall–Kier alpha value is -2.16. The maximum atomic E-state index is 5.37. The molecule has 2 aliphatic heterocycles. The highest BCUT2D eigenvalue weighted by Crippen LogP contribution is 2.24. The molecule has 2 fully saturated rings. The van der Waals surface area contributed by atoms with Crippen LogP contribution in [0.5, 0.6) is 6.01 Å². The number of nitrogens with zero attached hydrogens (tertiary/aromatic N) is 7. The zero-order chi connectivity index (χ0) is 18.6. The molecule has 2 saturated heterocycles. The SMILES string of the molecule is COc1nc(N2CCCCCC2)nc(N2CCN(c3nc(C)cs3)CC2)n1. The lowest BCUT2D eigenvalue weighted by molar-refractivity contribution is 0.377. The van der Waals surface area contributed by atoms with Crippen molar-refractivity contribution in [2.75, 3.05) is 61.1 Å². The van der Waals surface area contributed by atoms with E-state index in [-0.39, 0.29) is 0 Å². The number of aryl methyl sites for hydroxylation is 1. The first kappa shape index (κ1) is 18.2. The fourth-order valence-electron chi connectivity index (χ4n) is 3.56. The quantitative estimate of drug-likeness (QED) is 0.789. The smallest absolute Gasteiger partial charge is 0.322 e. The predicted octanol–water partition coefficient (Wildman–Crippen LogP) is 2.35. The van der Waals surface area contributed by atoms with Crippen LogP contribution in [0.1, 0.15) is 31.4 Å². The number of rotatable bonds is 4. The van der Waals surface area contributed by atoms with Gasteiger partial charge in [0.2, 0.25) is 11.9 Å². The van der Waals surface area contributed by atoms with E-state index < -0.39 is 0 Å². The Bertz CT molecular complexity index is 752. The number of hydrogen-bond acceptors (Lipinski definition) is 9. The molecule has 9 heteroatoms. The molecule has 0 unspecified atom stereocenters. The van der Waals surface area contributed by atoms with Crippen molar-refractivity contribution in [2.24, 2.45) is 0 Å². The van der Waals surface area contributed by atoms with E-state index in [1.165, 1.54) is 25.7 Å². The Kier molecular flexibility index (Phi) is 5.56. The molecule has 2 aliphatic rings. The van der Waals surface area contributed by atoms with Gasteiger partial charge in [-0.2, -0.15) is 15.0 Å². The fourth-order valence-corrected chi connectivity index (χ4v) is 4.42. The molecule has 0 radical (unpaired) electrons. The second-order valence-electron chi connectivity index (χ2n) is 7.07. The highest BCUT2D eigenvalue weighted by Gasteiger charge is 2.23. The zero-order valence-corrected chi connectivity index (χ0v) is 16.9. The van der Waals surface area contributed by atoms with Crippen molar-refractivity contribution in [1.29, 1.82) is 0 Å². The summed E-state index contributed by atoms with van der Waals surface area (Å²) in [6.45, 7) is 7.61. The van der Waals surface area contributed by atoms with Gasteiger partial charge in [0.05, 0.1) is 12.8 Å². The number of anilines is 3. The Morgan fingerprint density at radius 2 is 1.37 bits per heavy atom. The molecule has 146 valence electrons. The Morgan fingerprint density at radius 3 is 1.93 bits per heavy atom. The minimum atomic E-state index is 0.400. The summed E-state index contributed by atoms with van der Waals surface area (Å²) in [6, 6.07) is 0.400.